The number of hydrogen-bond acceptors (Lipinski definition) is 4. The number of carbonyl (C=O) groups is 1. The van der Waals surface area contributed by atoms with Crippen LogP contribution in [0.2, 0.25) is 0 Å². The van der Waals surface area contributed by atoms with Gasteiger partial charge in [-0.15, -0.1) is 11.3 Å². The Morgan fingerprint density at radius 1 is 1.17 bits per heavy atom. The van der Waals surface area contributed by atoms with Crippen molar-refractivity contribution < 1.29 is 9.18 Å². The molecule has 4 aromatic rings. The van der Waals surface area contributed by atoms with Gasteiger partial charge in [-0.25, -0.2) is 13.8 Å². The van der Waals surface area contributed by atoms with E-state index in [4.69, 9.17) is 0 Å². The van der Waals surface area contributed by atoms with E-state index < -0.39 is 23.0 Å². The molecule has 1 amide bonds. The van der Waals surface area contributed by atoms with Gasteiger partial charge in [0.2, 0.25) is 5.91 Å². The minimum atomic E-state index is -0.665. The molecule has 0 aliphatic rings. The van der Waals surface area contributed by atoms with Crippen molar-refractivity contribution in [2.24, 2.45) is 0 Å². The second kappa shape index (κ2) is 8.00. The lowest BCUT2D eigenvalue weighted by Gasteiger charge is -2.13. The minimum absolute atomic E-state index is 0.250. The molecule has 2 heterocycles. The molecule has 6 nitrogen and oxygen atoms in total. The van der Waals surface area contributed by atoms with E-state index in [2.05, 4.69) is 21.2 Å². The summed E-state index contributed by atoms with van der Waals surface area (Å²) in [6, 6.07) is 12.7. The highest BCUT2D eigenvalue weighted by atomic mass is 79.9. The number of nitrogens with one attached hydrogen (secondary N) is 1. The molecule has 1 N–H and O–H groups in total. The van der Waals surface area contributed by atoms with E-state index in [1.54, 1.807) is 36.6 Å². The van der Waals surface area contributed by atoms with Crippen molar-refractivity contribution in [1.82, 2.24) is 9.13 Å². The van der Waals surface area contributed by atoms with Crippen molar-refractivity contribution in [3.8, 4) is 5.69 Å². The summed E-state index contributed by atoms with van der Waals surface area (Å²) in [7, 11) is 0. The van der Waals surface area contributed by atoms with Crippen LogP contribution in [0, 0.1) is 12.7 Å². The molecule has 152 valence electrons. The molecule has 4 rings (SSSR count). The number of benzene rings is 2. The van der Waals surface area contributed by atoms with Gasteiger partial charge in [-0.2, -0.15) is 0 Å². The maximum absolute atomic E-state index is 13.7. The van der Waals surface area contributed by atoms with E-state index in [-0.39, 0.29) is 12.2 Å². The number of anilines is 1. The predicted molar refractivity (Wildman–Crippen MR) is 119 cm³/mol. The first-order valence-corrected chi connectivity index (χ1v) is 10.6. The monoisotopic (exact) mass is 487 g/mol. The van der Waals surface area contributed by atoms with Gasteiger partial charge in [-0.3, -0.25) is 14.2 Å². The number of aryl methyl sites for hydroxylation is 1. The Bertz CT molecular complexity index is 1410. The second-order valence-electron chi connectivity index (χ2n) is 6.64. The van der Waals surface area contributed by atoms with E-state index in [1.165, 1.54) is 34.1 Å². The Kier molecular flexibility index (Phi) is 5.40. The summed E-state index contributed by atoms with van der Waals surface area (Å²) in [5.41, 5.74) is 0.353. The minimum Gasteiger partial charge on any atom is -0.324 e. The fourth-order valence-electron chi connectivity index (χ4n) is 3.15. The summed E-state index contributed by atoms with van der Waals surface area (Å²) in [6.07, 6.45) is 0. The van der Waals surface area contributed by atoms with Gasteiger partial charge in [0.25, 0.3) is 5.56 Å². The fourth-order valence-corrected chi connectivity index (χ4v) is 4.37. The Labute approximate surface area is 182 Å². The Morgan fingerprint density at radius 2 is 1.97 bits per heavy atom. The Balaban J connectivity index is 1.81. The quantitative estimate of drug-likeness (QED) is 0.471. The molecular formula is C21H15BrFN3O3S. The molecule has 0 bridgehead atoms. The van der Waals surface area contributed by atoms with E-state index in [0.29, 0.717) is 21.5 Å². The largest absolute Gasteiger partial charge is 0.336 e. The second-order valence-corrected chi connectivity index (χ2v) is 8.47. The third-order valence-electron chi connectivity index (χ3n) is 4.56. The summed E-state index contributed by atoms with van der Waals surface area (Å²) >= 11 is 4.52. The maximum Gasteiger partial charge on any atom is 0.336 e. The molecule has 0 atom stereocenters. The number of halogens is 2. The van der Waals surface area contributed by atoms with Gasteiger partial charge in [0.1, 0.15) is 17.1 Å². The summed E-state index contributed by atoms with van der Waals surface area (Å²) in [5, 5.41) is 4.43. The van der Waals surface area contributed by atoms with E-state index in [0.717, 1.165) is 9.04 Å². The van der Waals surface area contributed by atoms with Gasteiger partial charge in [0.15, 0.2) is 0 Å². The fraction of sp³-hybridized carbons (Fsp3) is 0.0952. The van der Waals surface area contributed by atoms with Crippen LogP contribution >= 0.6 is 27.3 Å². The van der Waals surface area contributed by atoms with Crippen LogP contribution in [0.1, 0.15) is 5.56 Å². The van der Waals surface area contributed by atoms with Crippen LogP contribution in [-0.4, -0.2) is 15.0 Å². The summed E-state index contributed by atoms with van der Waals surface area (Å²) in [6.45, 7) is 1.27. The third-order valence-corrected chi connectivity index (χ3v) is 5.95. The zero-order valence-electron chi connectivity index (χ0n) is 15.7. The van der Waals surface area contributed by atoms with Crippen LogP contribution in [-0.2, 0) is 11.3 Å². The molecule has 0 aliphatic heterocycles. The van der Waals surface area contributed by atoms with Crippen molar-refractivity contribution in [3.63, 3.8) is 0 Å². The molecule has 0 radical (unpaired) electrons. The molecule has 2 aromatic carbocycles. The lowest BCUT2D eigenvalue weighted by molar-refractivity contribution is -0.116. The molecule has 0 unspecified atom stereocenters. The SMILES string of the molecule is Cc1cc(-n2c(=O)c3sccc3n(CC(=O)Nc3cccc(Br)c3)c2=O)ccc1F. The molecule has 0 saturated carbocycles. The van der Waals surface area contributed by atoms with Crippen molar-refractivity contribution >= 4 is 49.1 Å². The first-order chi connectivity index (χ1) is 14.3. The van der Waals surface area contributed by atoms with Gasteiger partial charge in [-0.05, 0) is 60.3 Å². The van der Waals surface area contributed by atoms with E-state index >= 15 is 0 Å². The molecule has 0 saturated heterocycles. The number of amides is 1. The number of fused-ring (bicyclic) bond motifs is 1. The Hall–Kier alpha value is -3.04. The number of thiophene rings is 1. The molecular weight excluding hydrogens is 473 g/mol. The van der Waals surface area contributed by atoms with E-state index in [1.807, 2.05) is 6.07 Å². The van der Waals surface area contributed by atoms with E-state index in [9.17, 15) is 18.8 Å². The lowest BCUT2D eigenvalue weighted by atomic mass is 10.2. The van der Waals surface area contributed by atoms with Crippen molar-refractivity contribution in [3.05, 3.63) is 90.6 Å². The zero-order chi connectivity index (χ0) is 21.4. The summed E-state index contributed by atoms with van der Waals surface area (Å²) in [4.78, 5) is 38.7. The highest BCUT2D eigenvalue weighted by Crippen LogP contribution is 2.19. The van der Waals surface area contributed by atoms with Gasteiger partial charge >= 0.3 is 5.69 Å². The lowest BCUT2D eigenvalue weighted by Crippen LogP contribution is -2.40. The Morgan fingerprint density at radius 3 is 2.70 bits per heavy atom. The van der Waals surface area contributed by atoms with Crippen LogP contribution in [0.3, 0.4) is 0 Å². The van der Waals surface area contributed by atoms with Gasteiger partial charge < -0.3 is 5.32 Å². The molecule has 2 aromatic heterocycles. The normalized spacial score (nSPS) is 11.0. The van der Waals surface area contributed by atoms with Crippen LogP contribution in [0.25, 0.3) is 15.9 Å². The van der Waals surface area contributed by atoms with Crippen molar-refractivity contribution in [2.45, 2.75) is 13.5 Å². The molecule has 0 spiro atoms. The average Bonchev–Trinajstić information content (AvgIpc) is 3.18. The molecule has 0 fully saturated rings. The summed E-state index contributed by atoms with van der Waals surface area (Å²) < 4.78 is 17.0. The van der Waals surface area contributed by atoms with Crippen LogP contribution < -0.4 is 16.6 Å². The zero-order valence-corrected chi connectivity index (χ0v) is 18.1. The van der Waals surface area contributed by atoms with Crippen LogP contribution in [0.15, 0.2) is 68.0 Å². The number of carbonyl (C=O) groups excluding carboxylic acids is 1. The van der Waals surface area contributed by atoms with Gasteiger partial charge in [0.05, 0.1) is 11.2 Å². The van der Waals surface area contributed by atoms with Crippen molar-refractivity contribution in [1.29, 1.82) is 0 Å². The topological polar surface area (TPSA) is 73.1 Å². The predicted octanol–water partition coefficient (Wildman–Crippen LogP) is 4.06. The molecule has 0 aliphatic carbocycles. The molecule has 30 heavy (non-hydrogen) atoms. The van der Waals surface area contributed by atoms with Gasteiger partial charge in [0, 0.05) is 10.2 Å². The number of hydrogen-bond donors (Lipinski definition) is 1. The number of nitrogens with zero attached hydrogens (tertiary/aromatic N) is 2. The number of rotatable bonds is 4. The standard InChI is InChI=1S/C21H15BrFN3O3S/c1-12-9-15(5-6-16(12)23)26-20(28)19-17(7-8-30-19)25(21(26)29)11-18(27)24-14-4-2-3-13(22)10-14/h2-10H,11H2,1H3,(H,24,27). The van der Waals surface area contributed by atoms with Crippen LogP contribution in [0.4, 0.5) is 10.1 Å². The average molecular weight is 488 g/mol. The third kappa shape index (κ3) is 3.73. The number of aromatic nitrogens is 2. The molecule has 9 heteroatoms. The highest BCUT2D eigenvalue weighted by molar-refractivity contribution is 9.10. The maximum atomic E-state index is 13.7. The first-order valence-electron chi connectivity index (χ1n) is 8.90. The summed E-state index contributed by atoms with van der Waals surface area (Å²) in [5.74, 6) is -0.846. The smallest absolute Gasteiger partial charge is 0.324 e. The van der Waals surface area contributed by atoms with Crippen LogP contribution in [0.5, 0.6) is 0 Å². The van der Waals surface area contributed by atoms with Crippen molar-refractivity contribution in [2.75, 3.05) is 5.32 Å². The van der Waals surface area contributed by atoms with Gasteiger partial charge in [-0.1, -0.05) is 22.0 Å². The highest BCUT2D eigenvalue weighted by Gasteiger charge is 2.18. The first kappa shape index (κ1) is 20.2.